The number of nitrogen functional groups attached to an aromatic ring is 1. The van der Waals surface area contributed by atoms with Crippen molar-refractivity contribution in [2.24, 2.45) is 0 Å². The lowest BCUT2D eigenvalue weighted by Gasteiger charge is -2.04. The molecule has 0 aliphatic heterocycles. The zero-order valence-electron chi connectivity index (χ0n) is 8.70. The van der Waals surface area contributed by atoms with Gasteiger partial charge in [-0.3, -0.25) is 0 Å². The molecule has 0 bridgehead atoms. The average molecular weight is 223 g/mol. The molecule has 2 rings (SSSR count). The van der Waals surface area contributed by atoms with Crippen molar-refractivity contribution in [2.75, 3.05) is 25.6 Å². The number of aliphatic hydroxyl groups excluding tert-OH is 1. The molecule has 0 radical (unpaired) electrons. The van der Waals surface area contributed by atoms with Gasteiger partial charge in [0, 0.05) is 6.54 Å². The van der Waals surface area contributed by atoms with Crippen LogP contribution in [0, 0.1) is 0 Å². The SMILES string of the molecule is Nc1ncc2ncn(CCOCCO)c2n1. The molecule has 0 aromatic carbocycles. The van der Waals surface area contributed by atoms with Gasteiger partial charge in [0.2, 0.25) is 5.95 Å². The molecule has 0 unspecified atom stereocenters. The fourth-order valence-corrected chi connectivity index (χ4v) is 1.36. The minimum absolute atomic E-state index is 0.0276. The number of nitrogens with zero attached hydrogens (tertiary/aromatic N) is 4. The summed E-state index contributed by atoms with van der Waals surface area (Å²) in [5.41, 5.74) is 6.90. The van der Waals surface area contributed by atoms with Gasteiger partial charge in [0.05, 0.1) is 32.3 Å². The van der Waals surface area contributed by atoms with Crippen LogP contribution in [0.15, 0.2) is 12.5 Å². The number of hydrogen-bond donors (Lipinski definition) is 2. The highest BCUT2D eigenvalue weighted by molar-refractivity contribution is 5.70. The molecule has 2 aromatic heterocycles. The second-order valence-corrected chi connectivity index (χ2v) is 3.21. The van der Waals surface area contributed by atoms with E-state index in [-0.39, 0.29) is 12.6 Å². The van der Waals surface area contributed by atoms with Crippen LogP contribution in [0.4, 0.5) is 5.95 Å². The van der Waals surface area contributed by atoms with Crippen molar-refractivity contribution >= 4 is 17.1 Å². The Morgan fingerprint density at radius 3 is 3.06 bits per heavy atom. The molecule has 0 aliphatic rings. The van der Waals surface area contributed by atoms with Crippen LogP contribution in [0.1, 0.15) is 0 Å². The fraction of sp³-hybridized carbons (Fsp3) is 0.444. The van der Waals surface area contributed by atoms with E-state index in [2.05, 4.69) is 15.0 Å². The van der Waals surface area contributed by atoms with E-state index < -0.39 is 0 Å². The van der Waals surface area contributed by atoms with E-state index in [0.29, 0.717) is 30.9 Å². The second kappa shape index (κ2) is 4.86. The molecule has 0 fully saturated rings. The number of rotatable bonds is 5. The predicted octanol–water partition coefficient (Wildman–Crippen LogP) is -0.583. The standard InChI is InChI=1S/C9H13N5O2/c10-9-11-5-7-8(13-9)14(6-12-7)1-3-16-4-2-15/h5-6,15H,1-4H2,(H2,10,11,13). The first kappa shape index (κ1) is 10.8. The van der Waals surface area contributed by atoms with Crippen LogP contribution in [0.2, 0.25) is 0 Å². The minimum Gasteiger partial charge on any atom is -0.394 e. The molecule has 0 aliphatic carbocycles. The topological polar surface area (TPSA) is 99.1 Å². The summed E-state index contributed by atoms with van der Waals surface area (Å²) in [5, 5.41) is 8.55. The Kier molecular flexibility index (Phi) is 3.28. The third-order valence-electron chi connectivity index (χ3n) is 2.09. The fourth-order valence-electron chi connectivity index (χ4n) is 1.36. The molecule has 0 atom stereocenters. The number of ether oxygens (including phenoxy) is 1. The number of anilines is 1. The lowest BCUT2D eigenvalue weighted by molar-refractivity contribution is 0.0874. The number of nitrogens with two attached hydrogens (primary N) is 1. The maximum absolute atomic E-state index is 8.55. The number of fused-ring (bicyclic) bond motifs is 1. The summed E-state index contributed by atoms with van der Waals surface area (Å²) in [6, 6.07) is 0. The van der Waals surface area contributed by atoms with Crippen LogP contribution in [-0.2, 0) is 11.3 Å². The molecular weight excluding hydrogens is 210 g/mol. The van der Waals surface area contributed by atoms with Gasteiger partial charge in [0.1, 0.15) is 5.52 Å². The second-order valence-electron chi connectivity index (χ2n) is 3.21. The molecule has 0 saturated heterocycles. The minimum atomic E-state index is 0.0276. The van der Waals surface area contributed by atoms with Crippen molar-refractivity contribution in [1.29, 1.82) is 0 Å². The molecule has 2 heterocycles. The normalized spacial score (nSPS) is 11.1. The van der Waals surface area contributed by atoms with Crippen molar-refractivity contribution < 1.29 is 9.84 Å². The van der Waals surface area contributed by atoms with Crippen LogP contribution in [0.3, 0.4) is 0 Å². The van der Waals surface area contributed by atoms with Gasteiger partial charge in [-0.15, -0.1) is 0 Å². The third-order valence-corrected chi connectivity index (χ3v) is 2.09. The van der Waals surface area contributed by atoms with Gasteiger partial charge < -0.3 is 20.1 Å². The van der Waals surface area contributed by atoms with E-state index in [4.69, 9.17) is 15.6 Å². The van der Waals surface area contributed by atoms with Gasteiger partial charge in [0.25, 0.3) is 0 Å². The molecule has 7 nitrogen and oxygen atoms in total. The highest BCUT2D eigenvalue weighted by Crippen LogP contribution is 2.09. The Balaban J connectivity index is 2.09. The highest BCUT2D eigenvalue weighted by atomic mass is 16.5. The summed E-state index contributed by atoms with van der Waals surface area (Å²) in [6.07, 6.45) is 3.25. The Labute approximate surface area is 91.9 Å². The molecule has 3 N–H and O–H groups in total. The van der Waals surface area contributed by atoms with Gasteiger partial charge in [0.15, 0.2) is 5.65 Å². The first-order chi connectivity index (χ1) is 7.81. The molecule has 0 amide bonds. The summed E-state index contributed by atoms with van der Waals surface area (Å²) in [5.74, 6) is 0.227. The Bertz CT molecular complexity index is 470. The summed E-state index contributed by atoms with van der Waals surface area (Å²) < 4.78 is 7.00. The van der Waals surface area contributed by atoms with E-state index in [9.17, 15) is 0 Å². The first-order valence-corrected chi connectivity index (χ1v) is 4.93. The quantitative estimate of drug-likeness (QED) is 0.658. The number of imidazole rings is 1. The first-order valence-electron chi connectivity index (χ1n) is 4.93. The van der Waals surface area contributed by atoms with Gasteiger partial charge in [-0.25, -0.2) is 9.97 Å². The number of aliphatic hydroxyl groups is 1. The summed E-state index contributed by atoms with van der Waals surface area (Å²) in [6.45, 7) is 1.48. The molecule has 16 heavy (non-hydrogen) atoms. The molecule has 2 aromatic rings. The Morgan fingerprint density at radius 1 is 1.38 bits per heavy atom. The predicted molar refractivity (Wildman–Crippen MR) is 57.6 cm³/mol. The summed E-state index contributed by atoms with van der Waals surface area (Å²) in [7, 11) is 0. The van der Waals surface area contributed by atoms with Crippen LogP contribution >= 0.6 is 0 Å². The van der Waals surface area contributed by atoms with Crippen molar-refractivity contribution in [2.45, 2.75) is 6.54 Å². The highest BCUT2D eigenvalue weighted by Gasteiger charge is 2.04. The smallest absolute Gasteiger partial charge is 0.222 e. The van der Waals surface area contributed by atoms with E-state index in [1.165, 1.54) is 0 Å². The lowest BCUT2D eigenvalue weighted by atomic mass is 10.5. The maximum atomic E-state index is 8.55. The molecular formula is C9H13N5O2. The van der Waals surface area contributed by atoms with Gasteiger partial charge in [-0.05, 0) is 0 Å². The van der Waals surface area contributed by atoms with E-state index in [1.54, 1.807) is 12.5 Å². The van der Waals surface area contributed by atoms with Crippen LogP contribution in [0.5, 0.6) is 0 Å². The van der Waals surface area contributed by atoms with E-state index >= 15 is 0 Å². The molecule has 7 heteroatoms. The third kappa shape index (κ3) is 2.26. The van der Waals surface area contributed by atoms with Crippen LogP contribution in [0.25, 0.3) is 11.2 Å². The van der Waals surface area contributed by atoms with E-state index in [0.717, 1.165) is 0 Å². The van der Waals surface area contributed by atoms with Crippen LogP contribution < -0.4 is 5.73 Å². The van der Waals surface area contributed by atoms with Crippen LogP contribution in [-0.4, -0.2) is 44.4 Å². The van der Waals surface area contributed by atoms with Crippen molar-refractivity contribution in [1.82, 2.24) is 19.5 Å². The van der Waals surface area contributed by atoms with Crippen molar-refractivity contribution in [3.05, 3.63) is 12.5 Å². The zero-order chi connectivity index (χ0) is 11.4. The number of aromatic nitrogens is 4. The van der Waals surface area contributed by atoms with Gasteiger partial charge in [-0.1, -0.05) is 0 Å². The average Bonchev–Trinajstić information content (AvgIpc) is 2.67. The Morgan fingerprint density at radius 2 is 2.25 bits per heavy atom. The van der Waals surface area contributed by atoms with Gasteiger partial charge in [-0.2, -0.15) is 4.98 Å². The van der Waals surface area contributed by atoms with Crippen molar-refractivity contribution in [3.8, 4) is 0 Å². The zero-order valence-corrected chi connectivity index (χ0v) is 8.70. The summed E-state index contributed by atoms with van der Waals surface area (Å²) in [4.78, 5) is 12.1. The van der Waals surface area contributed by atoms with E-state index in [1.807, 2.05) is 4.57 Å². The largest absolute Gasteiger partial charge is 0.394 e. The van der Waals surface area contributed by atoms with Gasteiger partial charge >= 0.3 is 0 Å². The summed E-state index contributed by atoms with van der Waals surface area (Å²) >= 11 is 0. The molecule has 86 valence electrons. The van der Waals surface area contributed by atoms with Crippen molar-refractivity contribution in [3.63, 3.8) is 0 Å². The Hall–Kier alpha value is -1.73. The maximum Gasteiger partial charge on any atom is 0.222 e. The number of hydrogen-bond acceptors (Lipinski definition) is 6. The monoisotopic (exact) mass is 223 g/mol. The lowest BCUT2D eigenvalue weighted by Crippen LogP contribution is -2.08. The molecule has 0 saturated carbocycles. The molecule has 0 spiro atoms.